The highest BCUT2D eigenvalue weighted by Crippen LogP contribution is 2.22. The molecule has 2 saturated heterocycles. The second-order valence-corrected chi connectivity index (χ2v) is 3.98. The molecule has 0 radical (unpaired) electrons. The predicted octanol–water partition coefficient (Wildman–Crippen LogP) is -0.407. The van der Waals surface area contributed by atoms with Crippen LogP contribution in [0, 0.1) is 0 Å². The second-order valence-electron chi connectivity index (χ2n) is 3.98. The third-order valence-electron chi connectivity index (χ3n) is 2.94. The van der Waals surface area contributed by atoms with Crippen molar-refractivity contribution in [1.29, 1.82) is 0 Å². The van der Waals surface area contributed by atoms with Gasteiger partial charge in [0.05, 0.1) is 12.1 Å². The fourth-order valence-corrected chi connectivity index (χ4v) is 2.20. The maximum atomic E-state index is 11.7. The molecule has 16 heavy (non-hydrogen) atoms. The molecule has 6 heteroatoms. The summed E-state index contributed by atoms with van der Waals surface area (Å²) in [5, 5.41) is 16.1. The first-order valence-corrected chi connectivity index (χ1v) is 5.78. The van der Waals surface area contributed by atoms with Gasteiger partial charge in [0.2, 0.25) is 0 Å². The molecule has 2 rings (SSSR count). The van der Waals surface area contributed by atoms with Crippen LogP contribution < -0.4 is 11.1 Å². The fourth-order valence-electron chi connectivity index (χ4n) is 2.20. The molecule has 2 atom stereocenters. The topological polar surface area (TPSA) is 81.8 Å². The van der Waals surface area contributed by atoms with E-state index in [4.69, 9.17) is 0 Å². The number of amides is 2. The Hall–Kier alpha value is -0.850. The van der Waals surface area contributed by atoms with Gasteiger partial charge in [0, 0.05) is 21.1 Å². The molecule has 2 aliphatic rings. The van der Waals surface area contributed by atoms with Crippen LogP contribution in [0.3, 0.4) is 0 Å². The summed E-state index contributed by atoms with van der Waals surface area (Å²) in [5.74, 6) is 0. The molecule has 2 heterocycles. The number of nitrogens with two attached hydrogens (primary N) is 1. The molecule has 0 saturated carbocycles. The number of hydrogen-bond donors (Lipinski definition) is 3. The predicted molar refractivity (Wildman–Crippen MR) is 63.7 cm³/mol. The average molecular weight is 232 g/mol. The summed E-state index contributed by atoms with van der Waals surface area (Å²) in [7, 11) is 1.50. The minimum Gasteiger partial charge on any atom is -0.391 e. The van der Waals surface area contributed by atoms with E-state index in [1.165, 1.54) is 7.05 Å². The van der Waals surface area contributed by atoms with Gasteiger partial charge in [0.15, 0.2) is 0 Å². The first-order chi connectivity index (χ1) is 7.70. The van der Waals surface area contributed by atoms with Crippen LogP contribution in [-0.2, 0) is 0 Å². The first kappa shape index (κ1) is 13.2. The van der Waals surface area contributed by atoms with Gasteiger partial charge in [-0.25, -0.2) is 9.80 Å². The van der Waals surface area contributed by atoms with Gasteiger partial charge in [-0.2, -0.15) is 0 Å². The zero-order valence-corrected chi connectivity index (χ0v) is 10.0. The third kappa shape index (κ3) is 2.63. The van der Waals surface area contributed by atoms with Gasteiger partial charge in [0.25, 0.3) is 0 Å². The Balaban J connectivity index is 0.000000811. The minimum absolute atomic E-state index is 0. The Morgan fingerprint density at radius 2 is 2.25 bits per heavy atom. The highest BCUT2D eigenvalue weighted by molar-refractivity contribution is 5.74. The number of nitrogens with zero attached hydrogens (tertiary/aromatic N) is 2. The number of hydrazine groups is 1. The van der Waals surface area contributed by atoms with Crippen molar-refractivity contribution in [2.75, 3.05) is 26.7 Å². The number of hydrogen-bond acceptors (Lipinski definition) is 4. The number of aliphatic hydroxyl groups excluding tert-OH is 1. The molecule has 0 aromatic carbocycles. The van der Waals surface area contributed by atoms with Gasteiger partial charge in [-0.3, -0.25) is 5.01 Å². The summed E-state index contributed by atoms with van der Waals surface area (Å²) in [6.45, 7) is 4.26. The maximum Gasteiger partial charge on any atom is 0.332 e. The van der Waals surface area contributed by atoms with Crippen molar-refractivity contribution < 1.29 is 11.3 Å². The van der Waals surface area contributed by atoms with Crippen molar-refractivity contribution in [2.45, 2.75) is 31.9 Å². The van der Waals surface area contributed by atoms with Crippen LogP contribution in [0.4, 0.5) is 4.79 Å². The van der Waals surface area contributed by atoms with Crippen molar-refractivity contribution in [1.82, 2.24) is 15.3 Å². The van der Waals surface area contributed by atoms with Gasteiger partial charge < -0.3 is 16.2 Å². The SMILES string of the molecule is CC(O)C1CCN2CCCNC(=O)N12.CN.[HH]. The smallest absolute Gasteiger partial charge is 0.332 e. The van der Waals surface area contributed by atoms with E-state index >= 15 is 0 Å². The van der Waals surface area contributed by atoms with Crippen molar-refractivity contribution in [3.63, 3.8) is 0 Å². The van der Waals surface area contributed by atoms with Gasteiger partial charge in [-0.05, 0) is 26.8 Å². The Morgan fingerprint density at radius 3 is 2.88 bits per heavy atom. The van der Waals surface area contributed by atoms with Crippen LogP contribution in [0.2, 0.25) is 0 Å². The molecule has 2 aliphatic heterocycles. The van der Waals surface area contributed by atoms with Crippen molar-refractivity contribution >= 4 is 6.03 Å². The number of carbonyl (C=O) groups excluding carboxylic acids is 1. The minimum atomic E-state index is -0.455. The molecular weight excluding hydrogens is 208 g/mol. The molecule has 2 amide bonds. The molecule has 0 aliphatic carbocycles. The lowest BCUT2D eigenvalue weighted by Gasteiger charge is -2.31. The molecule has 0 spiro atoms. The molecule has 0 aromatic rings. The Kier molecular flexibility index (Phi) is 4.98. The molecule has 2 fully saturated rings. The van der Waals surface area contributed by atoms with Crippen LogP contribution in [0.15, 0.2) is 0 Å². The standard InChI is InChI=1S/C9H17N3O2.CH5N.H2/c1-7(13)8-3-6-11-5-2-4-10-9(14)12(8)11;1-2;/h7-8,13H,2-6H2,1H3,(H,10,14);2H2,1H3;1H. The number of carbonyl (C=O) groups is 1. The molecular formula is C10H24N4O2. The number of fused-ring (bicyclic) bond motifs is 1. The van der Waals surface area contributed by atoms with E-state index in [2.05, 4.69) is 11.1 Å². The van der Waals surface area contributed by atoms with E-state index in [-0.39, 0.29) is 13.5 Å². The van der Waals surface area contributed by atoms with Crippen LogP contribution in [0.25, 0.3) is 0 Å². The second kappa shape index (κ2) is 6.03. The van der Waals surface area contributed by atoms with Crippen molar-refractivity contribution in [3.8, 4) is 0 Å². The number of urea groups is 1. The van der Waals surface area contributed by atoms with Crippen molar-refractivity contribution in [2.24, 2.45) is 5.73 Å². The van der Waals surface area contributed by atoms with Crippen LogP contribution in [0.1, 0.15) is 21.2 Å². The van der Waals surface area contributed by atoms with Crippen molar-refractivity contribution in [3.05, 3.63) is 0 Å². The van der Waals surface area contributed by atoms with E-state index in [9.17, 15) is 9.90 Å². The van der Waals surface area contributed by atoms with Crippen LogP contribution in [-0.4, -0.2) is 60.0 Å². The number of aliphatic hydroxyl groups is 1. The molecule has 4 N–H and O–H groups in total. The van der Waals surface area contributed by atoms with E-state index in [0.717, 1.165) is 32.5 Å². The fraction of sp³-hybridized carbons (Fsp3) is 0.900. The summed E-state index contributed by atoms with van der Waals surface area (Å²) in [5.41, 5.74) is 4.50. The first-order valence-electron chi connectivity index (χ1n) is 5.78. The van der Waals surface area contributed by atoms with Gasteiger partial charge >= 0.3 is 6.03 Å². The normalized spacial score (nSPS) is 27.4. The Bertz CT molecular complexity index is 240. The lowest BCUT2D eigenvalue weighted by atomic mass is 10.1. The average Bonchev–Trinajstić information content (AvgIpc) is 2.63. The molecule has 96 valence electrons. The van der Waals surface area contributed by atoms with Gasteiger partial charge in [-0.1, -0.05) is 0 Å². The lowest BCUT2D eigenvalue weighted by molar-refractivity contribution is 0.00341. The number of nitrogens with one attached hydrogen (secondary N) is 1. The highest BCUT2D eigenvalue weighted by Gasteiger charge is 2.38. The summed E-state index contributed by atoms with van der Waals surface area (Å²) >= 11 is 0. The molecule has 6 nitrogen and oxygen atoms in total. The third-order valence-corrected chi connectivity index (χ3v) is 2.94. The van der Waals surface area contributed by atoms with E-state index < -0.39 is 6.10 Å². The monoisotopic (exact) mass is 232 g/mol. The maximum absolute atomic E-state index is 11.7. The van der Waals surface area contributed by atoms with E-state index in [1.807, 2.05) is 5.01 Å². The zero-order valence-electron chi connectivity index (χ0n) is 10.0. The lowest BCUT2D eigenvalue weighted by Crippen LogP contribution is -2.51. The van der Waals surface area contributed by atoms with Gasteiger partial charge in [-0.15, -0.1) is 0 Å². The molecule has 0 bridgehead atoms. The summed E-state index contributed by atoms with van der Waals surface area (Å²) in [6, 6.07) is -0.112. The Labute approximate surface area is 97.8 Å². The van der Waals surface area contributed by atoms with Crippen LogP contribution >= 0.6 is 0 Å². The van der Waals surface area contributed by atoms with E-state index in [0.29, 0.717) is 0 Å². The zero-order chi connectivity index (χ0) is 12.1. The summed E-state index contributed by atoms with van der Waals surface area (Å²) in [6.07, 6.45) is 1.39. The summed E-state index contributed by atoms with van der Waals surface area (Å²) < 4.78 is 0. The molecule has 0 aromatic heterocycles. The highest BCUT2D eigenvalue weighted by atomic mass is 16.3. The Morgan fingerprint density at radius 1 is 1.56 bits per heavy atom. The summed E-state index contributed by atoms with van der Waals surface area (Å²) in [4.78, 5) is 11.7. The molecule has 2 unspecified atom stereocenters. The quantitative estimate of drug-likeness (QED) is 0.574. The van der Waals surface area contributed by atoms with Gasteiger partial charge in [0.1, 0.15) is 0 Å². The van der Waals surface area contributed by atoms with E-state index in [1.54, 1.807) is 11.9 Å². The number of rotatable bonds is 1. The largest absolute Gasteiger partial charge is 0.391 e. The van der Waals surface area contributed by atoms with Crippen LogP contribution in [0.5, 0.6) is 0 Å².